The van der Waals surface area contributed by atoms with E-state index in [0.717, 1.165) is 0 Å². The first-order chi connectivity index (χ1) is 9.29. The monoisotopic (exact) mass is 316 g/mol. The quantitative estimate of drug-likeness (QED) is 0.293. The fraction of sp³-hybridized carbons (Fsp3) is 0.0667. The Morgan fingerprint density at radius 2 is 1.47 bits per heavy atom. The van der Waals surface area contributed by atoms with Crippen molar-refractivity contribution in [3.8, 4) is 0 Å². The molecule has 0 unspecified atom stereocenters. The number of aryl methyl sites for hydroxylation is 1. The molecule has 0 spiro atoms. The van der Waals surface area contributed by atoms with Crippen LogP contribution < -0.4 is 0 Å². The number of thiophene rings is 4. The molecule has 4 heterocycles. The highest BCUT2D eigenvalue weighted by Gasteiger charge is 2.12. The van der Waals surface area contributed by atoms with E-state index in [4.69, 9.17) is 0 Å². The lowest BCUT2D eigenvalue weighted by atomic mass is 10.2. The lowest BCUT2D eigenvalue weighted by Gasteiger charge is -1.92. The van der Waals surface area contributed by atoms with Gasteiger partial charge < -0.3 is 0 Å². The normalized spacial score (nSPS) is 12.5. The fourth-order valence-corrected chi connectivity index (χ4v) is 7.36. The van der Waals surface area contributed by atoms with Gasteiger partial charge in [0.15, 0.2) is 0 Å². The van der Waals surface area contributed by atoms with E-state index in [1.54, 1.807) is 0 Å². The Bertz CT molecular complexity index is 1070. The molecule has 0 saturated carbocycles. The Kier molecular flexibility index (Phi) is 2.03. The first-order valence-electron chi connectivity index (χ1n) is 6.02. The summed E-state index contributed by atoms with van der Waals surface area (Å²) in [6.07, 6.45) is 0. The van der Waals surface area contributed by atoms with Crippen LogP contribution in [-0.4, -0.2) is 0 Å². The van der Waals surface area contributed by atoms with Gasteiger partial charge in [-0.1, -0.05) is 0 Å². The van der Waals surface area contributed by atoms with Crippen molar-refractivity contribution < 1.29 is 0 Å². The second-order valence-electron chi connectivity index (χ2n) is 4.71. The molecule has 5 aromatic rings. The molecule has 92 valence electrons. The van der Waals surface area contributed by atoms with Crippen molar-refractivity contribution in [2.75, 3.05) is 0 Å². The van der Waals surface area contributed by atoms with Crippen molar-refractivity contribution >= 4 is 84.3 Å². The Balaban J connectivity index is 2.04. The van der Waals surface area contributed by atoms with E-state index in [0.29, 0.717) is 0 Å². The smallest absolute Gasteiger partial charge is 0.0532 e. The zero-order valence-electron chi connectivity index (χ0n) is 10.0. The summed E-state index contributed by atoms with van der Waals surface area (Å²) in [6, 6.07) is 9.35. The second kappa shape index (κ2) is 3.58. The Labute approximate surface area is 125 Å². The van der Waals surface area contributed by atoms with Crippen LogP contribution >= 0.6 is 45.3 Å². The van der Waals surface area contributed by atoms with E-state index in [9.17, 15) is 0 Å². The summed E-state index contributed by atoms with van der Waals surface area (Å²) in [4.78, 5) is 1.41. The summed E-state index contributed by atoms with van der Waals surface area (Å²) in [7, 11) is 0. The van der Waals surface area contributed by atoms with Gasteiger partial charge in [0, 0.05) is 34.4 Å². The van der Waals surface area contributed by atoms with Crippen molar-refractivity contribution in [3.05, 3.63) is 34.5 Å². The van der Waals surface area contributed by atoms with E-state index >= 15 is 0 Å². The number of hydrogen-bond acceptors (Lipinski definition) is 4. The third-order valence-corrected chi connectivity index (χ3v) is 7.97. The molecule has 0 aliphatic heterocycles. The summed E-state index contributed by atoms with van der Waals surface area (Å²) in [5.41, 5.74) is 0. The van der Waals surface area contributed by atoms with Crippen molar-refractivity contribution in [2.45, 2.75) is 6.92 Å². The number of rotatable bonds is 0. The molecule has 5 rings (SSSR count). The van der Waals surface area contributed by atoms with Gasteiger partial charge in [-0.15, -0.1) is 45.3 Å². The van der Waals surface area contributed by atoms with Gasteiger partial charge in [-0.25, -0.2) is 0 Å². The summed E-state index contributed by atoms with van der Waals surface area (Å²) >= 11 is 7.64. The van der Waals surface area contributed by atoms with Crippen LogP contribution in [0.3, 0.4) is 0 Å². The zero-order chi connectivity index (χ0) is 12.6. The molecule has 0 nitrogen and oxygen atoms in total. The number of benzene rings is 1. The Morgan fingerprint density at radius 3 is 2.32 bits per heavy atom. The van der Waals surface area contributed by atoms with Crippen molar-refractivity contribution in [1.29, 1.82) is 0 Å². The standard InChI is InChI=1S/C15H8S4/c1-7-4-13-15(17-7)9-6-11-8(5-12(9)19-13)14-10(18-11)2-3-16-14/h2-6H,1H3. The molecule has 19 heavy (non-hydrogen) atoms. The molecule has 0 aliphatic rings. The Morgan fingerprint density at radius 1 is 0.737 bits per heavy atom. The van der Waals surface area contributed by atoms with E-state index in [-0.39, 0.29) is 0 Å². The van der Waals surface area contributed by atoms with E-state index < -0.39 is 0 Å². The summed E-state index contributed by atoms with van der Waals surface area (Å²) in [5, 5.41) is 5.08. The van der Waals surface area contributed by atoms with Gasteiger partial charge in [0.2, 0.25) is 0 Å². The van der Waals surface area contributed by atoms with Gasteiger partial charge in [-0.2, -0.15) is 0 Å². The topological polar surface area (TPSA) is 0 Å². The minimum Gasteiger partial charge on any atom is -0.142 e. The minimum absolute atomic E-state index is 1.41. The predicted octanol–water partition coefficient (Wildman–Crippen LogP) is 6.85. The molecule has 0 aliphatic carbocycles. The molecule has 4 aromatic heterocycles. The minimum atomic E-state index is 1.41. The number of hydrogen-bond donors (Lipinski definition) is 0. The van der Waals surface area contributed by atoms with Crippen LogP contribution in [0.25, 0.3) is 39.0 Å². The molecular formula is C15H8S4. The lowest BCUT2D eigenvalue weighted by molar-refractivity contribution is 1.66. The molecule has 0 saturated heterocycles. The maximum Gasteiger partial charge on any atom is 0.0532 e. The van der Waals surface area contributed by atoms with Crippen LogP contribution in [0.5, 0.6) is 0 Å². The molecule has 0 bridgehead atoms. The molecule has 0 atom stereocenters. The highest BCUT2D eigenvalue weighted by molar-refractivity contribution is 7.34. The van der Waals surface area contributed by atoms with E-state index in [1.165, 1.54) is 43.8 Å². The van der Waals surface area contributed by atoms with Crippen LogP contribution in [0.1, 0.15) is 4.88 Å². The average Bonchev–Trinajstić information content (AvgIpc) is 3.06. The van der Waals surface area contributed by atoms with Gasteiger partial charge >= 0.3 is 0 Å². The van der Waals surface area contributed by atoms with E-state index in [2.05, 4.69) is 36.6 Å². The molecule has 1 aromatic carbocycles. The molecule has 4 heteroatoms. The first-order valence-corrected chi connectivity index (χ1v) is 9.35. The van der Waals surface area contributed by atoms with Gasteiger partial charge in [-0.05, 0) is 36.6 Å². The maximum atomic E-state index is 2.40. The second-order valence-corrected chi connectivity index (χ2v) is 9.05. The fourth-order valence-electron chi connectivity index (χ4n) is 2.65. The van der Waals surface area contributed by atoms with E-state index in [1.807, 2.05) is 45.3 Å². The van der Waals surface area contributed by atoms with Crippen LogP contribution in [0.15, 0.2) is 29.6 Å². The predicted molar refractivity (Wildman–Crippen MR) is 92.7 cm³/mol. The van der Waals surface area contributed by atoms with Crippen LogP contribution in [-0.2, 0) is 0 Å². The molecule has 0 amide bonds. The van der Waals surface area contributed by atoms with Crippen LogP contribution in [0.4, 0.5) is 0 Å². The molecule has 0 fully saturated rings. The van der Waals surface area contributed by atoms with Gasteiger partial charge in [-0.3, -0.25) is 0 Å². The summed E-state index contributed by atoms with van der Waals surface area (Å²) < 4.78 is 8.65. The zero-order valence-corrected chi connectivity index (χ0v) is 13.3. The van der Waals surface area contributed by atoms with Crippen molar-refractivity contribution in [3.63, 3.8) is 0 Å². The summed E-state index contributed by atoms with van der Waals surface area (Å²) in [5.74, 6) is 0. The van der Waals surface area contributed by atoms with Crippen LogP contribution in [0, 0.1) is 6.92 Å². The van der Waals surface area contributed by atoms with Crippen LogP contribution in [0.2, 0.25) is 0 Å². The van der Waals surface area contributed by atoms with Gasteiger partial charge in [0.1, 0.15) is 0 Å². The first kappa shape index (κ1) is 10.8. The molecule has 0 N–H and O–H groups in total. The third-order valence-electron chi connectivity index (χ3n) is 3.46. The Hall–Kier alpha value is -0.940. The lowest BCUT2D eigenvalue weighted by Crippen LogP contribution is -1.64. The highest BCUT2D eigenvalue weighted by atomic mass is 32.1. The van der Waals surface area contributed by atoms with Crippen molar-refractivity contribution in [2.24, 2.45) is 0 Å². The third kappa shape index (κ3) is 1.37. The average molecular weight is 316 g/mol. The SMILES string of the molecule is Cc1cc2sc3cc4c(cc3c2s1)sc1ccsc14. The maximum absolute atomic E-state index is 2.40. The number of fused-ring (bicyclic) bond motifs is 6. The van der Waals surface area contributed by atoms with Gasteiger partial charge in [0.05, 0.1) is 9.40 Å². The molecular weight excluding hydrogens is 308 g/mol. The summed E-state index contributed by atoms with van der Waals surface area (Å²) in [6.45, 7) is 2.20. The molecule has 0 radical (unpaired) electrons. The van der Waals surface area contributed by atoms with Crippen molar-refractivity contribution in [1.82, 2.24) is 0 Å². The highest BCUT2D eigenvalue weighted by Crippen LogP contribution is 2.45. The largest absolute Gasteiger partial charge is 0.142 e. The van der Waals surface area contributed by atoms with Gasteiger partial charge in [0.25, 0.3) is 0 Å².